The van der Waals surface area contributed by atoms with Gasteiger partial charge < -0.3 is 10.2 Å². The Morgan fingerprint density at radius 1 is 1.40 bits per heavy atom. The van der Waals surface area contributed by atoms with E-state index in [9.17, 15) is 0 Å². The summed E-state index contributed by atoms with van der Waals surface area (Å²) in [6, 6.07) is 4.32. The average Bonchev–Trinajstić information content (AvgIpc) is 2.71. The third-order valence-corrected chi connectivity index (χ3v) is 3.51. The summed E-state index contributed by atoms with van der Waals surface area (Å²) in [6.45, 7) is 5.00. The third kappa shape index (κ3) is 2.99. The van der Waals surface area contributed by atoms with Crippen LogP contribution >= 0.6 is 0 Å². The van der Waals surface area contributed by atoms with E-state index >= 15 is 0 Å². The Bertz CT molecular complexity index is 559. The molecule has 1 N–H and O–H groups in total. The second-order valence-corrected chi connectivity index (χ2v) is 5.29. The molecule has 0 saturated heterocycles. The van der Waals surface area contributed by atoms with Crippen molar-refractivity contribution in [1.82, 2.24) is 20.1 Å². The minimum Gasteiger partial charge on any atom is -0.363 e. The third-order valence-electron chi connectivity index (χ3n) is 3.51. The van der Waals surface area contributed by atoms with E-state index in [0.29, 0.717) is 0 Å². The predicted molar refractivity (Wildman–Crippen MR) is 81.8 cm³/mol. The van der Waals surface area contributed by atoms with Crippen molar-refractivity contribution in [3.05, 3.63) is 41.3 Å². The first-order chi connectivity index (χ1) is 9.50. The van der Waals surface area contributed by atoms with Crippen LogP contribution in [0.2, 0.25) is 0 Å². The van der Waals surface area contributed by atoms with Gasteiger partial charge in [0.05, 0.1) is 5.69 Å². The number of anilines is 1. The molecule has 0 amide bonds. The van der Waals surface area contributed by atoms with Crippen LogP contribution in [0.4, 0.5) is 5.82 Å². The lowest BCUT2D eigenvalue weighted by Crippen LogP contribution is -2.21. The number of pyridine rings is 1. The highest BCUT2D eigenvalue weighted by atomic mass is 15.4. The Kier molecular flexibility index (Phi) is 4.39. The van der Waals surface area contributed by atoms with Crippen molar-refractivity contribution >= 4 is 5.82 Å². The van der Waals surface area contributed by atoms with Gasteiger partial charge in [-0.15, -0.1) is 0 Å². The maximum absolute atomic E-state index is 4.51. The fraction of sp³-hybridized carbons (Fsp3) is 0.467. The maximum atomic E-state index is 4.51. The van der Waals surface area contributed by atoms with E-state index < -0.39 is 0 Å². The van der Waals surface area contributed by atoms with E-state index in [-0.39, 0.29) is 6.04 Å². The van der Waals surface area contributed by atoms with Crippen molar-refractivity contribution < 1.29 is 0 Å². The zero-order valence-corrected chi connectivity index (χ0v) is 12.9. The molecule has 2 rings (SSSR count). The first kappa shape index (κ1) is 14.5. The van der Waals surface area contributed by atoms with Gasteiger partial charge in [-0.25, -0.2) is 0 Å². The van der Waals surface area contributed by atoms with E-state index in [2.05, 4.69) is 40.2 Å². The molecule has 0 fully saturated rings. The minimum absolute atomic E-state index is 0.262. The molecule has 0 saturated carbocycles. The first-order valence-electron chi connectivity index (χ1n) is 6.83. The highest BCUT2D eigenvalue weighted by Gasteiger charge is 2.15. The zero-order chi connectivity index (χ0) is 14.7. The number of nitrogens with zero attached hydrogens (tertiary/aromatic N) is 4. The quantitative estimate of drug-likeness (QED) is 0.905. The molecule has 0 aliphatic rings. The number of rotatable bonds is 5. The van der Waals surface area contributed by atoms with Crippen molar-refractivity contribution in [1.29, 1.82) is 0 Å². The molecule has 0 unspecified atom stereocenters. The Labute approximate surface area is 120 Å². The van der Waals surface area contributed by atoms with Crippen LogP contribution < -0.4 is 10.2 Å². The molecule has 5 nitrogen and oxygen atoms in total. The molecule has 2 aromatic rings. The van der Waals surface area contributed by atoms with Crippen molar-refractivity contribution in [2.75, 3.05) is 19.0 Å². The minimum atomic E-state index is 0.262. The number of nitrogens with one attached hydrogen (secondary N) is 1. The van der Waals surface area contributed by atoms with Crippen LogP contribution in [0.25, 0.3) is 0 Å². The highest BCUT2D eigenvalue weighted by molar-refractivity contribution is 5.48. The number of aromatic nitrogens is 3. The van der Waals surface area contributed by atoms with Gasteiger partial charge in [0.2, 0.25) is 0 Å². The van der Waals surface area contributed by atoms with E-state index in [4.69, 9.17) is 0 Å². The van der Waals surface area contributed by atoms with Crippen molar-refractivity contribution in [2.45, 2.75) is 26.4 Å². The first-order valence-corrected chi connectivity index (χ1v) is 6.83. The Morgan fingerprint density at radius 2 is 2.15 bits per heavy atom. The molecule has 108 valence electrons. The molecule has 2 aromatic heterocycles. The molecular formula is C15H23N5. The van der Waals surface area contributed by atoms with Crippen molar-refractivity contribution in [3.63, 3.8) is 0 Å². The maximum Gasteiger partial charge on any atom is 0.130 e. The van der Waals surface area contributed by atoms with Gasteiger partial charge in [-0.1, -0.05) is 6.07 Å². The van der Waals surface area contributed by atoms with E-state index in [1.54, 1.807) is 6.20 Å². The van der Waals surface area contributed by atoms with Gasteiger partial charge in [-0.3, -0.25) is 9.67 Å². The summed E-state index contributed by atoms with van der Waals surface area (Å²) in [4.78, 5) is 6.27. The molecule has 2 heterocycles. The number of hydrogen-bond acceptors (Lipinski definition) is 4. The van der Waals surface area contributed by atoms with Crippen LogP contribution in [0.15, 0.2) is 24.5 Å². The molecule has 20 heavy (non-hydrogen) atoms. The molecule has 5 heteroatoms. The summed E-state index contributed by atoms with van der Waals surface area (Å²) in [5, 5.41) is 8.05. The molecule has 0 aromatic carbocycles. The molecule has 0 aliphatic carbocycles. The average molecular weight is 273 g/mol. The number of hydrogen-bond donors (Lipinski definition) is 1. The predicted octanol–water partition coefficient (Wildman–Crippen LogP) is 2.04. The SMILES string of the molecule is Cc1nn(C)c(N(C)C)c1CN[C@H](C)c1cccnc1. The van der Waals surface area contributed by atoms with Gasteiger partial charge in [0.25, 0.3) is 0 Å². The second kappa shape index (κ2) is 6.05. The second-order valence-electron chi connectivity index (χ2n) is 5.29. The van der Waals surface area contributed by atoms with Crippen LogP contribution in [0.1, 0.15) is 29.8 Å². The van der Waals surface area contributed by atoms with Gasteiger partial charge in [0.15, 0.2) is 0 Å². The summed E-state index contributed by atoms with van der Waals surface area (Å²) >= 11 is 0. The summed E-state index contributed by atoms with van der Waals surface area (Å²) in [5.74, 6) is 1.15. The standard InChI is InChI=1S/C15H23N5/c1-11(13-7-6-8-16-9-13)17-10-14-12(2)18-20(5)15(14)19(3)4/h6-9,11,17H,10H2,1-5H3/t11-/m1/s1. The molecule has 0 radical (unpaired) electrons. The highest BCUT2D eigenvalue weighted by Crippen LogP contribution is 2.22. The van der Waals surface area contributed by atoms with Crippen LogP contribution in [0.5, 0.6) is 0 Å². The van der Waals surface area contributed by atoms with Crippen molar-refractivity contribution in [3.8, 4) is 0 Å². The van der Waals surface area contributed by atoms with Crippen LogP contribution in [0.3, 0.4) is 0 Å². The van der Waals surface area contributed by atoms with Crippen molar-refractivity contribution in [2.24, 2.45) is 7.05 Å². The molecule has 0 bridgehead atoms. The lowest BCUT2D eigenvalue weighted by atomic mass is 10.1. The lowest BCUT2D eigenvalue weighted by molar-refractivity contribution is 0.571. The monoisotopic (exact) mass is 273 g/mol. The van der Waals surface area contributed by atoms with E-state index in [0.717, 1.165) is 18.1 Å². The Balaban J connectivity index is 2.12. The smallest absolute Gasteiger partial charge is 0.130 e. The van der Waals surface area contributed by atoms with Gasteiger partial charge >= 0.3 is 0 Å². The fourth-order valence-electron chi connectivity index (χ4n) is 2.46. The van der Waals surface area contributed by atoms with Crippen LogP contribution in [-0.4, -0.2) is 28.9 Å². The zero-order valence-electron chi connectivity index (χ0n) is 12.9. The summed E-state index contributed by atoms with van der Waals surface area (Å²) in [6.07, 6.45) is 3.70. The normalized spacial score (nSPS) is 12.4. The summed E-state index contributed by atoms with van der Waals surface area (Å²) in [7, 11) is 6.07. The molecule has 1 atom stereocenters. The number of aryl methyl sites for hydroxylation is 2. The molecule has 0 spiro atoms. The van der Waals surface area contributed by atoms with Gasteiger partial charge in [0.1, 0.15) is 5.82 Å². The Hall–Kier alpha value is -1.88. The summed E-state index contributed by atoms with van der Waals surface area (Å²) < 4.78 is 1.93. The Morgan fingerprint density at radius 3 is 2.75 bits per heavy atom. The van der Waals surface area contributed by atoms with Gasteiger partial charge in [0, 0.05) is 51.7 Å². The summed E-state index contributed by atoms with van der Waals surface area (Å²) in [5.41, 5.74) is 3.51. The molecule has 0 aliphatic heterocycles. The molecular weight excluding hydrogens is 250 g/mol. The lowest BCUT2D eigenvalue weighted by Gasteiger charge is -2.18. The van der Waals surface area contributed by atoms with Gasteiger partial charge in [-0.05, 0) is 25.5 Å². The van der Waals surface area contributed by atoms with Gasteiger partial charge in [-0.2, -0.15) is 5.10 Å². The van der Waals surface area contributed by atoms with E-state index in [1.165, 1.54) is 11.1 Å². The largest absolute Gasteiger partial charge is 0.363 e. The topological polar surface area (TPSA) is 46.0 Å². The van der Waals surface area contributed by atoms with E-state index in [1.807, 2.05) is 38.1 Å². The van der Waals surface area contributed by atoms with Crippen LogP contribution in [-0.2, 0) is 13.6 Å². The fourth-order valence-corrected chi connectivity index (χ4v) is 2.46. The van der Waals surface area contributed by atoms with Crippen LogP contribution in [0, 0.1) is 6.92 Å².